The van der Waals surface area contributed by atoms with Crippen molar-refractivity contribution < 1.29 is 4.79 Å². The van der Waals surface area contributed by atoms with Gasteiger partial charge in [-0.2, -0.15) is 0 Å². The Kier molecular flexibility index (Phi) is 4.63. The number of benzene rings is 2. The highest BCUT2D eigenvalue weighted by Gasteiger charge is 2.16. The Bertz CT molecular complexity index is 1100. The summed E-state index contributed by atoms with van der Waals surface area (Å²) in [5.74, 6) is 0.382. The van der Waals surface area contributed by atoms with Gasteiger partial charge in [0.2, 0.25) is 0 Å². The lowest BCUT2D eigenvalue weighted by Crippen LogP contribution is -2.13. The highest BCUT2D eigenvalue weighted by Crippen LogP contribution is 2.30. The van der Waals surface area contributed by atoms with Gasteiger partial charge in [0.1, 0.15) is 5.82 Å². The molecule has 4 rings (SSSR count). The van der Waals surface area contributed by atoms with E-state index in [0.29, 0.717) is 10.7 Å². The summed E-state index contributed by atoms with van der Waals surface area (Å²) in [4.78, 5) is 21.4. The molecule has 0 saturated carbocycles. The van der Waals surface area contributed by atoms with Crippen molar-refractivity contribution in [2.24, 2.45) is 0 Å². The van der Waals surface area contributed by atoms with E-state index in [0.717, 1.165) is 21.7 Å². The van der Waals surface area contributed by atoms with Crippen molar-refractivity contribution >= 4 is 68.8 Å². The van der Waals surface area contributed by atoms with Gasteiger partial charge in [-0.05, 0) is 41.8 Å². The van der Waals surface area contributed by atoms with Gasteiger partial charge in [-0.1, -0.05) is 40.9 Å². The maximum Gasteiger partial charge on any atom is 0.258 e. The molecule has 0 saturated heterocycles. The van der Waals surface area contributed by atoms with Gasteiger partial charge < -0.3 is 10.3 Å². The van der Waals surface area contributed by atoms with E-state index in [4.69, 9.17) is 34.8 Å². The van der Waals surface area contributed by atoms with Gasteiger partial charge in [-0.25, -0.2) is 4.98 Å². The second-order valence-electron chi connectivity index (χ2n) is 5.49. The lowest BCUT2D eigenvalue weighted by atomic mass is 10.2. The molecule has 2 aromatic carbocycles. The first kappa shape index (κ1) is 17.4. The van der Waals surface area contributed by atoms with E-state index in [2.05, 4.69) is 15.3 Å². The number of anilines is 1. The molecule has 0 aliphatic rings. The number of aromatic amines is 1. The maximum absolute atomic E-state index is 12.5. The molecule has 0 unspecified atom stereocenters. The zero-order valence-electron chi connectivity index (χ0n) is 13.0. The lowest BCUT2D eigenvalue weighted by Gasteiger charge is -2.09. The highest BCUT2D eigenvalue weighted by atomic mass is 35.5. The van der Waals surface area contributed by atoms with Crippen LogP contribution in [0.4, 0.5) is 5.69 Å². The molecule has 2 heterocycles. The van der Waals surface area contributed by atoms with Crippen LogP contribution in [0.1, 0.15) is 10.4 Å². The van der Waals surface area contributed by atoms with Gasteiger partial charge in [0.15, 0.2) is 0 Å². The molecule has 2 N–H and O–H groups in total. The molecule has 8 heteroatoms. The van der Waals surface area contributed by atoms with Crippen LogP contribution in [0, 0.1) is 0 Å². The minimum Gasteiger partial charge on any atom is -0.337 e. The summed E-state index contributed by atoms with van der Waals surface area (Å²) >= 11 is 19.7. The summed E-state index contributed by atoms with van der Waals surface area (Å²) in [6.07, 6.45) is 0. The molecule has 4 aromatic rings. The molecule has 2 aromatic heterocycles. The van der Waals surface area contributed by atoms with Crippen molar-refractivity contribution in [2.45, 2.75) is 0 Å². The number of nitrogens with one attached hydrogen (secondary N) is 2. The van der Waals surface area contributed by atoms with Crippen molar-refractivity contribution in [1.82, 2.24) is 9.97 Å². The summed E-state index contributed by atoms with van der Waals surface area (Å²) in [7, 11) is 0. The summed E-state index contributed by atoms with van der Waals surface area (Å²) in [5.41, 5.74) is 2.40. The maximum atomic E-state index is 12.5. The Hall–Kier alpha value is -2.05. The Balaban J connectivity index is 1.64. The fraction of sp³-hybridized carbons (Fsp3) is 0. The van der Waals surface area contributed by atoms with E-state index in [9.17, 15) is 4.79 Å². The van der Waals surface area contributed by atoms with Crippen LogP contribution in [-0.4, -0.2) is 15.9 Å². The first-order valence-electron chi connectivity index (χ1n) is 7.51. The van der Waals surface area contributed by atoms with Crippen molar-refractivity contribution in [1.29, 1.82) is 0 Å². The Morgan fingerprint density at radius 3 is 2.54 bits per heavy atom. The molecule has 0 aliphatic heterocycles. The van der Waals surface area contributed by atoms with Crippen LogP contribution in [0.25, 0.3) is 21.7 Å². The third-order valence-corrected chi connectivity index (χ3v) is 5.42. The monoisotopic (exact) mass is 421 g/mol. The number of carbonyl (C=O) groups excluding carboxylic acids is 1. The molecule has 0 bridgehead atoms. The van der Waals surface area contributed by atoms with Crippen molar-refractivity contribution in [3.05, 3.63) is 68.5 Å². The van der Waals surface area contributed by atoms with E-state index in [1.807, 2.05) is 23.6 Å². The van der Waals surface area contributed by atoms with E-state index < -0.39 is 5.91 Å². The van der Waals surface area contributed by atoms with Crippen molar-refractivity contribution in [3.8, 4) is 10.7 Å². The number of carbonyl (C=O) groups is 1. The molecule has 0 aliphatic carbocycles. The van der Waals surface area contributed by atoms with Crippen LogP contribution in [0.3, 0.4) is 0 Å². The van der Waals surface area contributed by atoms with E-state index >= 15 is 0 Å². The Morgan fingerprint density at radius 1 is 1.08 bits per heavy atom. The van der Waals surface area contributed by atoms with Crippen LogP contribution in [0.2, 0.25) is 15.1 Å². The third kappa shape index (κ3) is 3.31. The van der Waals surface area contributed by atoms with Crippen molar-refractivity contribution in [2.75, 3.05) is 5.32 Å². The van der Waals surface area contributed by atoms with Crippen LogP contribution >= 0.6 is 46.1 Å². The first-order valence-corrected chi connectivity index (χ1v) is 9.52. The van der Waals surface area contributed by atoms with Gasteiger partial charge in [0.25, 0.3) is 5.91 Å². The van der Waals surface area contributed by atoms with E-state index in [1.54, 1.807) is 23.5 Å². The fourth-order valence-electron chi connectivity index (χ4n) is 2.57. The molecular weight excluding hydrogens is 413 g/mol. The molecule has 4 nitrogen and oxygen atoms in total. The predicted octanol–water partition coefficient (Wildman–Crippen LogP) is 6.50. The number of amides is 1. The minimum absolute atomic E-state index is 0.180. The first-order chi connectivity index (χ1) is 12.5. The molecular formula is C18H10Cl3N3OS. The second kappa shape index (κ2) is 6.93. The summed E-state index contributed by atoms with van der Waals surface area (Å²) < 4.78 is 0. The van der Waals surface area contributed by atoms with Gasteiger partial charge in [-0.3, -0.25) is 4.79 Å². The van der Waals surface area contributed by atoms with Crippen LogP contribution in [0.15, 0.2) is 47.8 Å². The topological polar surface area (TPSA) is 57.8 Å². The molecule has 130 valence electrons. The number of aromatic nitrogens is 2. The van der Waals surface area contributed by atoms with E-state index in [1.165, 1.54) is 12.1 Å². The standard InChI is InChI=1S/C18H10Cl3N3OS/c19-9-6-11(20)16(12(21)7-9)18(25)22-10-3-4-13-14(8-10)24-17(23-13)15-2-1-5-26-15/h1-8H,(H,22,25)(H,23,24). The molecule has 0 atom stereocenters. The number of imidazole rings is 1. The predicted molar refractivity (Wildman–Crippen MR) is 109 cm³/mol. The normalized spacial score (nSPS) is 11.0. The van der Waals surface area contributed by atoms with Crippen molar-refractivity contribution in [3.63, 3.8) is 0 Å². The molecule has 26 heavy (non-hydrogen) atoms. The zero-order valence-corrected chi connectivity index (χ0v) is 16.1. The van der Waals surface area contributed by atoms with Gasteiger partial charge >= 0.3 is 0 Å². The number of H-pyrrole nitrogens is 1. The molecule has 0 fully saturated rings. The highest BCUT2D eigenvalue weighted by molar-refractivity contribution is 7.13. The number of hydrogen-bond donors (Lipinski definition) is 2. The van der Waals surface area contributed by atoms with Crippen LogP contribution < -0.4 is 5.32 Å². The van der Waals surface area contributed by atoms with Gasteiger partial charge in [0.05, 0.1) is 31.5 Å². The number of thiophene rings is 1. The SMILES string of the molecule is O=C(Nc1ccc2[nH]c(-c3cccs3)nc2c1)c1c(Cl)cc(Cl)cc1Cl. The fourth-order valence-corrected chi connectivity index (χ4v) is 4.22. The quantitative estimate of drug-likeness (QED) is 0.395. The Morgan fingerprint density at radius 2 is 1.85 bits per heavy atom. The summed E-state index contributed by atoms with van der Waals surface area (Å²) in [5, 5.41) is 5.55. The number of rotatable bonds is 3. The second-order valence-corrected chi connectivity index (χ2v) is 7.69. The average Bonchev–Trinajstić information content (AvgIpc) is 3.22. The van der Waals surface area contributed by atoms with Crippen LogP contribution in [-0.2, 0) is 0 Å². The molecule has 1 amide bonds. The van der Waals surface area contributed by atoms with Crippen LogP contribution in [0.5, 0.6) is 0 Å². The van der Waals surface area contributed by atoms with Gasteiger partial charge in [-0.15, -0.1) is 11.3 Å². The largest absolute Gasteiger partial charge is 0.337 e. The summed E-state index contributed by atoms with van der Waals surface area (Å²) in [6, 6.07) is 12.4. The lowest BCUT2D eigenvalue weighted by molar-refractivity contribution is 0.102. The molecule has 0 spiro atoms. The number of fused-ring (bicyclic) bond motifs is 1. The average molecular weight is 423 g/mol. The van der Waals surface area contributed by atoms with Gasteiger partial charge in [0, 0.05) is 10.7 Å². The number of nitrogens with zero attached hydrogens (tertiary/aromatic N) is 1. The van der Waals surface area contributed by atoms with E-state index in [-0.39, 0.29) is 15.6 Å². The third-order valence-electron chi connectivity index (χ3n) is 3.73. The smallest absolute Gasteiger partial charge is 0.258 e. The number of hydrogen-bond acceptors (Lipinski definition) is 3. The summed E-state index contributed by atoms with van der Waals surface area (Å²) in [6.45, 7) is 0. The zero-order chi connectivity index (χ0) is 18.3. The number of halogens is 3. The molecule has 0 radical (unpaired) electrons. The minimum atomic E-state index is -0.412. The Labute approximate surface area is 167 Å².